The molecule has 140 valence electrons. The molecule has 0 unspecified atom stereocenters. The fraction of sp³-hybridized carbons (Fsp3) is 0.238. The predicted molar refractivity (Wildman–Crippen MR) is 107 cm³/mol. The van der Waals surface area contributed by atoms with Gasteiger partial charge in [-0.3, -0.25) is 4.79 Å². The minimum absolute atomic E-state index is 0.0509. The van der Waals surface area contributed by atoms with E-state index in [1.54, 1.807) is 25.3 Å². The van der Waals surface area contributed by atoms with Crippen molar-refractivity contribution in [2.45, 2.75) is 19.4 Å². The van der Waals surface area contributed by atoms with Crippen molar-refractivity contribution in [3.8, 4) is 17.1 Å². The summed E-state index contributed by atoms with van der Waals surface area (Å²) >= 11 is 3.51. The Hall–Kier alpha value is -2.60. The van der Waals surface area contributed by atoms with Gasteiger partial charge in [-0.15, -0.1) is 0 Å². The lowest BCUT2D eigenvalue weighted by Gasteiger charge is -2.17. The average molecular weight is 429 g/mol. The Balaban J connectivity index is 1.56. The number of hydrogen-bond acceptors (Lipinski definition) is 4. The number of amides is 1. The van der Waals surface area contributed by atoms with E-state index in [4.69, 9.17) is 9.15 Å². The summed E-state index contributed by atoms with van der Waals surface area (Å²) in [6.07, 6.45) is 2.51. The van der Waals surface area contributed by atoms with Crippen molar-refractivity contribution in [3.05, 3.63) is 70.7 Å². The molecule has 0 fully saturated rings. The first kappa shape index (κ1) is 19.2. The lowest BCUT2D eigenvalue weighted by molar-refractivity contribution is -0.130. The number of methoxy groups -OCH3 is 1. The standard InChI is InChI=1S/C21H21BrN2O3/c1-24(14-16-5-3-4-6-18(16)22)21(25)12-11-20-23-13-19(27-20)15-7-9-17(26-2)10-8-15/h3-10,13H,11-12,14H2,1-2H3. The fourth-order valence-electron chi connectivity index (χ4n) is 2.69. The Labute approximate surface area is 167 Å². The topological polar surface area (TPSA) is 55.6 Å². The highest BCUT2D eigenvalue weighted by molar-refractivity contribution is 9.10. The molecule has 1 amide bonds. The van der Waals surface area contributed by atoms with E-state index in [9.17, 15) is 4.79 Å². The number of nitrogens with zero attached hydrogens (tertiary/aromatic N) is 2. The number of rotatable bonds is 7. The van der Waals surface area contributed by atoms with E-state index in [2.05, 4.69) is 20.9 Å². The summed E-state index contributed by atoms with van der Waals surface area (Å²) in [6.45, 7) is 0.558. The van der Waals surface area contributed by atoms with Crippen molar-refractivity contribution in [1.82, 2.24) is 9.88 Å². The quantitative estimate of drug-likeness (QED) is 0.546. The van der Waals surface area contributed by atoms with Crippen LogP contribution < -0.4 is 4.74 Å². The molecule has 5 nitrogen and oxygen atoms in total. The van der Waals surface area contributed by atoms with Crippen LogP contribution >= 0.6 is 15.9 Å². The van der Waals surface area contributed by atoms with Crippen LogP contribution in [-0.2, 0) is 17.8 Å². The van der Waals surface area contributed by atoms with Crippen molar-refractivity contribution >= 4 is 21.8 Å². The number of aryl methyl sites for hydroxylation is 1. The van der Waals surface area contributed by atoms with Gasteiger partial charge in [-0.25, -0.2) is 4.98 Å². The molecule has 2 aromatic carbocycles. The van der Waals surface area contributed by atoms with Crippen molar-refractivity contribution in [2.24, 2.45) is 0 Å². The van der Waals surface area contributed by atoms with Crippen LogP contribution in [-0.4, -0.2) is 29.9 Å². The zero-order valence-corrected chi connectivity index (χ0v) is 16.9. The highest BCUT2D eigenvalue weighted by Crippen LogP contribution is 2.23. The van der Waals surface area contributed by atoms with E-state index in [0.29, 0.717) is 31.0 Å². The summed E-state index contributed by atoms with van der Waals surface area (Å²) < 4.78 is 11.9. The van der Waals surface area contributed by atoms with Crippen molar-refractivity contribution in [3.63, 3.8) is 0 Å². The lowest BCUT2D eigenvalue weighted by atomic mass is 10.2. The number of carbonyl (C=O) groups is 1. The van der Waals surface area contributed by atoms with Gasteiger partial charge in [0.1, 0.15) is 5.75 Å². The normalized spacial score (nSPS) is 10.6. The number of halogens is 1. The monoisotopic (exact) mass is 428 g/mol. The third kappa shape index (κ3) is 4.98. The molecule has 0 aliphatic rings. The van der Waals surface area contributed by atoms with E-state index in [0.717, 1.165) is 21.3 Å². The molecule has 0 saturated heterocycles. The number of benzene rings is 2. The fourth-order valence-corrected chi connectivity index (χ4v) is 3.10. The van der Waals surface area contributed by atoms with Gasteiger partial charge in [0, 0.05) is 36.5 Å². The van der Waals surface area contributed by atoms with E-state index in [1.807, 2.05) is 48.5 Å². The Bertz CT molecular complexity index is 906. The average Bonchev–Trinajstić information content (AvgIpc) is 3.17. The first-order valence-electron chi connectivity index (χ1n) is 8.63. The maximum Gasteiger partial charge on any atom is 0.223 e. The molecule has 1 aromatic heterocycles. The molecule has 6 heteroatoms. The van der Waals surface area contributed by atoms with Gasteiger partial charge in [-0.05, 0) is 35.9 Å². The zero-order valence-electron chi connectivity index (χ0n) is 15.3. The molecule has 0 N–H and O–H groups in total. The van der Waals surface area contributed by atoms with Gasteiger partial charge in [-0.1, -0.05) is 34.1 Å². The number of carbonyl (C=O) groups excluding carboxylic acids is 1. The van der Waals surface area contributed by atoms with Crippen LogP contribution in [0.2, 0.25) is 0 Å². The predicted octanol–water partition coefficient (Wildman–Crippen LogP) is 4.70. The second-order valence-electron chi connectivity index (χ2n) is 6.19. The molecule has 1 heterocycles. The first-order chi connectivity index (χ1) is 13.1. The van der Waals surface area contributed by atoms with Gasteiger partial charge >= 0.3 is 0 Å². The molecule has 3 aromatic rings. The van der Waals surface area contributed by atoms with Crippen LogP contribution in [0.1, 0.15) is 17.9 Å². The van der Waals surface area contributed by atoms with Crippen LogP contribution in [0.15, 0.2) is 63.6 Å². The van der Waals surface area contributed by atoms with Crippen LogP contribution in [0.3, 0.4) is 0 Å². The molecular weight excluding hydrogens is 408 g/mol. The summed E-state index contributed by atoms with van der Waals surface area (Å²) in [7, 11) is 3.44. The Kier molecular flexibility index (Phi) is 6.29. The largest absolute Gasteiger partial charge is 0.497 e. The molecule has 0 saturated carbocycles. The van der Waals surface area contributed by atoms with Gasteiger partial charge in [0.05, 0.1) is 13.3 Å². The molecule has 0 aliphatic carbocycles. The Morgan fingerprint density at radius 1 is 1.19 bits per heavy atom. The summed E-state index contributed by atoms with van der Waals surface area (Å²) in [5.41, 5.74) is 2.00. The smallest absolute Gasteiger partial charge is 0.223 e. The minimum Gasteiger partial charge on any atom is -0.497 e. The second-order valence-corrected chi connectivity index (χ2v) is 7.04. The van der Waals surface area contributed by atoms with Crippen molar-refractivity contribution in [1.29, 1.82) is 0 Å². The maximum atomic E-state index is 12.4. The van der Waals surface area contributed by atoms with E-state index < -0.39 is 0 Å². The zero-order chi connectivity index (χ0) is 19.2. The molecule has 0 aliphatic heterocycles. The summed E-state index contributed by atoms with van der Waals surface area (Å²) in [5.74, 6) is 2.08. The molecule has 0 bridgehead atoms. The van der Waals surface area contributed by atoms with Crippen molar-refractivity contribution < 1.29 is 13.9 Å². The maximum absolute atomic E-state index is 12.4. The van der Waals surface area contributed by atoms with Crippen LogP contribution in [0.4, 0.5) is 0 Å². The highest BCUT2D eigenvalue weighted by Gasteiger charge is 2.13. The van der Waals surface area contributed by atoms with Crippen LogP contribution in [0.5, 0.6) is 5.75 Å². The molecular formula is C21H21BrN2O3. The van der Waals surface area contributed by atoms with Gasteiger partial charge in [0.25, 0.3) is 0 Å². The van der Waals surface area contributed by atoms with Gasteiger partial charge in [0.2, 0.25) is 5.91 Å². The van der Waals surface area contributed by atoms with Gasteiger partial charge in [-0.2, -0.15) is 0 Å². The summed E-state index contributed by atoms with van der Waals surface area (Å²) in [4.78, 5) is 18.4. The van der Waals surface area contributed by atoms with E-state index in [-0.39, 0.29) is 5.91 Å². The molecule has 0 atom stereocenters. The lowest BCUT2D eigenvalue weighted by Crippen LogP contribution is -2.26. The Morgan fingerprint density at radius 3 is 2.63 bits per heavy atom. The molecule has 27 heavy (non-hydrogen) atoms. The highest BCUT2D eigenvalue weighted by atomic mass is 79.9. The SMILES string of the molecule is COc1ccc(-c2cnc(CCC(=O)N(C)Cc3ccccc3Br)o2)cc1. The van der Waals surface area contributed by atoms with Gasteiger partial charge < -0.3 is 14.1 Å². The van der Waals surface area contributed by atoms with Crippen LogP contribution in [0, 0.1) is 0 Å². The Morgan fingerprint density at radius 2 is 1.93 bits per heavy atom. The van der Waals surface area contributed by atoms with E-state index >= 15 is 0 Å². The number of aromatic nitrogens is 1. The number of hydrogen-bond donors (Lipinski definition) is 0. The number of ether oxygens (including phenoxy) is 1. The minimum atomic E-state index is 0.0509. The van der Waals surface area contributed by atoms with Gasteiger partial charge in [0.15, 0.2) is 11.7 Å². The van der Waals surface area contributed by atoms with E-state index in [1.165, 1.54) is 0 Å². The van der Waals surface area contributed by atoms with Crippen LogP contribution in [0.25, 0.3) is 11.3 Å². The first-order valence-corrected chi connectivity index (χ1v) is 9.42. The summed E-state index contributed by atoms with van der Waals surface area (Å²) in [6, 6.07) is 15.5. The molecule has 0 spiro atoms. The third-order valence-electron chi connectivity index (χ3n) is 4.27. The summed E-state index contributed by atoms with van der Waals surface area (Å²) in [5, 5.41) is 0. The molecule has 3 rings (SSSR count). The second kappa shape index (κ2) is 8.86. The van der Waals surface area contributed by atoms with Crippen molar-refractivity contribution in [2.75, 3.05) is 14.2 Å². The third-order valence-corrected chi connectivity index (χ3v) is 5.05. The number of oxazole rings is 1. The molecule has 0 radical (unpaired) electrons.